The molecule has 0 saturated carbocycles. The van der Waals surface area contributed by atoms with Crippen LogP contribution in [0.2, 0.25) is 0 Å². The van der Waals surface area contributed by atoms with Gasteiger partial charge in [0.25, 0.3) is 0 Å². The van der Waals surface area contributed by atoms with E-state index in [0.717, 1.165) is 11.1 Å². The van der Waals surface area contributed by atoms with E-state index in [2.05, 4.69) is 14.7 Å². The fourth-order valence-corrected chi connectivity index (χ4v) is 2.28. The van der Waals surface area contributed by atoms with Crippen molar-refractivity contribution in [1.29, 1.82) is 0 Å². The molecule has 1 atom stereocenters. The molecule has 0 aliphatic carbocycles. The Morgan fingerprint density at radius 1 is 0.957 bits per heavy atom. The summed E-state index contributed by atoms with van der Waals surface area (Å²) >= 11 is 0. The lowest BCUT2D eigenvalue weighted by Crippen LogP contribution is -2.17. The lowest BCUT2D eigenvalue weighted by molar-refractivity contribution is -0.274. The number of nitrogens with zero attached hydrogens (tertiary/aromatic N) is 2. The van der Waals surface area contributed by atoms with Crippen molar-refractivity contribution in [1.82, 2.24) is 0 Å². The van der Waals surface area contributed by atoms with Crippen molar-refractivity contribution in [2.45, 2.75) is 18.8 Å². The van der Waals surface area contributed by atoms with Gasteiger partial charge in [-0.15, -0.1) is 13.2 Å². The van der Waals surface area contributed by atoms with Crippen LogP contribution in [-0.2, 0) is 6.42 Å². The quantitative estimate of drug-likeness (QED) is 0.838. The number of hydrogen-bond donors (Lipinski definition) is 0. The Morgan fingerprint density at radius 3 is 2.30 bits per heavy atom. The number of benzene rings is 2. The molecule has 0 radical (unpaired) electrons. The van der Waals surface area contributed by atoms with Crippen molar-refractivity contribution >= 4 is 12.1 Å². The van der Waals surface area contributed by atoms with Gasteiger partial charge in [0.05, 0.1) is 6.04 Å². The summed E-state index contributed by atoms with van der Waals surface area (Å²) in [7, 11) is 0. The minimum Gasteiger partial charge on any atom is -0.406 e. The molecule has 1 aliphatic rings. The van der Waals surface area contributed by atoms with Gasteiger partial charge in [0.2, 0.25) is 0 Å². The zero-order chi connectivity index (χ0) is 16.3. The molecule has 1 heterocycles. The molecule has 2 aromatic rings. The lowest BCUT2D eigenvalue weighted by atomic mass is 10.1. The third-order valence-corrected chi connectivity index (χ3v) is 3.29. The summed E-state index contributed by atoms with van der Waals surface area (Å²) < 4.78 is 40.2. The monoisotopic (exact) mass is 318 g/mol. The van der Waals surface area contributed by atoms with Gasteiger partial charge in [0, 0.05) is 11.8 Å². The van der Waals surface area contributed by atoms with Crippen LogP contribution < -0.4 is 4.74 Å². The molecule has 6 heteroatoms. The Labute approximate surface area is 131 Å². The van der Waals surface area contributed by atoms with Gasteiger partial charge in [-0.1, -0.05) is 42.5 Å². The van der Waals surface area contributed by atoms with Gasteiger partial charge in [0.15, 0.2) is 5.84 Å². The fraction of sp³-hybridized carbons (Fsp3) is 0.176. The second-order valence-corrected chi connectivity index (χ2v) is 5.06. The van der Waals surface area contributed by atoms with E-state index in [-0.39, 0.29) is 11.8 Å². The van der Waals surface area contributed by atoms with Crippen LogP contribution in [0.5, 0.6) is 5.75 Å². The average molecular weight is 318 g/mol. The molecule has 3 rings (SSSR count). The third kappa shape index (κ3) is 4.18. The average Bonchev–Trinajstić information content (AvgIpc) is 2.97. The molecule has 2 aromatic carbocycles. The Hall–Kier alpha value is -2.63. The Kier molecular flexibility index (Phi) is 4.14. The van der Waals surface area contributed by atoms with E-state index in [9.17, 15) is 13.2 Å². The molecule has 0 saturated heterocycles. The van der Waals surface area contributed by atoms with Crippen LogP contribution in [0.3, 0.4) is 0 Å². The topological polar surface area (TPSA) is 34.0 Å². The number of alkyl halides is 3. The van der Waals surface area contributed by atoms with Crippen molar-refractivity contribution in [2.75, 3.05) is 0 Å². The molecular formula is C17H13F3N2O. The van der Waals surface area contributed by atoms with Gasteiger partial charge in [-0.25, -0.2) is 4.99 Å². The largest absolute Gasteiger partial charge is 0.573 e. The summed E-state index contributed by atoms with van der Waals surface area (Å²) in [5.74, 6) is 0.447. The SMILES string of the molecule is FC(F)(F)Oc1ccc(CC2C=NC(c3ccccc3)=N2)cc1. The smallest absolute Gasteiger partial charge is 0.406 e. The van der Waals surface area contributed by atoms with Gasteiger partial charge >= 0.3 is 6.36 Å². The van der Waals surface area contributed by atoms with Crippen molar-refractivity contribution < 1.29 is 17.9 Å². The summed E-state index contributed by atoms with van der Waals surface area (Å²) in [5, 5.41) is 0. The van der Waals surface area contributed by atoms with Gasteiger partial charge in [0.1, 0.15) is 5.75 Å². The molecule has 0 spiro atoms. The minimum absolute atomic E-state index is 0.111. The highest BCUT2D eigenvalue weighted by molar-refractivity contribution is 6.07. The van der Waals surface area contributed by atoms with Crippen molar-refractivity contribution in [3.05, 3.63) is 65.7 Å². The summed E-state index contributed by atoms with van der Waals surface area (Å²) in [6, 6.07) is 15.3. The van der Waals surface area contributed by atoms with Crippen molar-refractivity contribution in [3.8, 4) is 5.75 Å². The highest BCUT2D eigenvalue weighted by Gasteiger charge is 2.31. The third-order valence-electron chi connectivity index (χ3n) is 3.29. The van der Waals surface area contributed by atoms with Crippen molar-refractivity contribution in [2.24, 2.45) is 9.98 Å². The summed E-state index contributed by atoms with van der Waals surface area (Å²) in [4.78, 5) is 8.82. The summed E-state index contributed by atoms with van der Waals surface area (Å²) in [6.45, 7) is 0. The van der Waals surface area contributed by atoms with Crippen LogP contribution >= 0.6 is 0 Å². The Balaban J connectivity index is 1.65. The summed E-state index contributed by atoms with van der Waals surface area (Å²) in [6.07, 6.45) is -2.34. The van der Waals surface area contributed by atoms with Gasteiger partial charge in [-0.2, -0.15) is 0 Å². The molecule has 1 aliphatic heterocycles. The molecule has 0 bridgehead atoms. The maximum atomic E-state index is 12.1. The number of ether oxygens (including phenoxy) is 1. The first-order valence-electron chi connectivity index (χ1n) is 7.02. The van der Waals surface area contributed by atoms with Crippen LogP contribution in [0.1, 0.15) is 11.1 Å². The summed E-state index contributed by atoms with van der Waals surface area (Å²) in [5.41, 5.74) is 1.81. The predicted octanol–water partition coefficient (Wildman–Crippen LogP) is 4.03. The molecule has 0 aromatic heterocycles. The van der Waals surface area contributed by atoms with Crippen LogP contribution in [0.4, 0.5) is 13.2 Å². The fourth-order valence-electron chi connectivity index (χ4n) is 2.28. The molecule has 0 amide bonds. The van der Waals surface area contributed by atoms with Gasteiger partial charge in [-0.05, 0) is 24.1 Å². The minimum atomic E-state index is -4.67. The normalized spacial score (nSPS) is 17.2. The standard InChI is InChI=1S/C17H13F3N2O/c18-17(19,20)23-15-8-6-12(7-9-15)10-14-11-21-16(22-14)13-4-2-1-3-5-13/h1-9,11,14H,10H2. The van der Waals surface area contributed by atoms with Gasteiger partial charge < -0.3 is 4.74 Å². The molecule has 0 fully saturated rings. The number of aliphatic imine (C=N–C) groups is 2. The van der Waals surface area contributed by atoms with Crippen molar-refractivity contribution in [3.63, 3.8) is 0 Å². The number of hydrogen-bond acceptors (Lipinski definition) is 3. The molecule has 23 heavy (non-hydrogen) atoms. The van der Waals surface area contributed by atoms with Crippen LogP contribution in [0.25, 0.3) is 0 Å². The zero-order valence-electron chi connectivity index (χ0n) is 12.0. The van der Waals surface area contributed by atoms with E-state index in [1.165, 1.54) is 12.1 Å². The van der Waals surface area contributed by atoms with Gasteiger partial charge in [-0.3, -0.25) is 4.99 Å². The highest BCUT2D eigenvalue weighted by Crippen LogP contribution is 2.23. The number of halogens is 3. The lowest BCUT2D eigenvalue weighted by Gasteiger charge is -2.09. The molecule has 3 nitrogen and oxygen atoms in total. The maximum Gasteiger partial charge on any atom is 0.573 e. The van der Waals surface area contributed by atoms with E-state index >= 15 is 0 Å². The maximum absolute atomic E-state index is 12.1. The number of amidine groups is 1. The zero-order valence-corrected chi connectivity index (χ0v) is 12.0. The molecule has 1 unspecified atom stereocenters. The first kappa shape index (κ1) is 15.3. The molecule has 0 N–H and O–H groups in total. The van der Waals surface area contributed by atoms with E-state index in [4.69, 9.17) is 0 Å². The Bertz CT molecular complexity index is 722. The van der Waals surface area contributed by atoms with E-state index in [1.54, 1.807) is 18.3 Å². The van der Waals surface area contributed by atoms with Crippen LogP contribution in [0, 0.1) is 0 Å². The Morgan fingerprint density at radius 2 is 1.65 bits per heavy atom. The first-order chi connectivity index (χ1) is 11.0. The van der Waals surface area contributed by atoms with Crippen LogP contribution in [0.15, 0.2) is 64.6 Å². The van der Waals surface area contributed by atoms with E-state index in [1.807, 2.05) is 30.3 Å². The molecular weight excluding hydrogens is 305 g/mol. The second-order valence-electron chi connectivity index (χ2n) is 5.06. The highest BCUT2D eigenvalue weighted by atomic mass is 19.4. The first-order valence-corrected chi connectivity index (χ1v) is 7.02. The van der Waals surface area contributed by atoms with Crippen LogP contribution in [-0.4, -0.2) is 24.5 Å². The number of rotatable bonds is 4. The van der Waals surface area contributed by atoms with E-state index < -0.39 is 6.36 Å². The molecule has 118 valence electrons. The second kappa shape index (κ2) is 6.24. The van der Waals surface area contributed by atoms with E-state index in [0.29, 0.717) is 12.3 Å². The predicted molar refractivity (Wildman–Crippen MR) is 82.1 cm³/mol.